The first-order valence-corrected chi connectivity index (χ1v) is 19.8. The fourth-order valence-electron chi connectivity index (χ4n) is 8.08. The molecule has 8 aliphatic rings. The van der Waals surface area contributed by atoms with Gasteiger partial charge in [-0.15, -0.1) is 0 Å². The van der Waals surface area contributed by atoms with Crippen molar-refractivity contribution in [3.05, 3.63) is 71.8 Å². The third-order valence-corrected chi connectivity index (χ3v) is 11.1. The number of hydrogen-bond acceptors (Lipinski definition) is 18. The third kappa shape index (κ3) is 8.50. The van der Waals surface area contributed by atoms with E-state index in [9.17, 15) is 25.2 Å². The van der Waals surface area contributed by atoms with Crippen LogP contribution in [0.25, 0.3) is 0 Å². The maximum Gasteiger partial charge on any atom is 0.258 e. The summed E-state index contributed by atoms with van der Waals surface area (Å²) < 4.78 is 73.4. The average molecular weight is 835 g/mol. The van der Waals surface area contributed by atoms with E-state index in [1.165, 1.54) is 0 Å². The molecule has 0 bridgehead atoms. The number of fused-ring (bicyclic) bond motifs is 2. The Morgan fingerprint density at radius 1 is 0.525 bits per heavy atom. The average Bonchev–Trinajstić information content (AvgIpc) is 4.04. The van der Waals surface area contributed by atoms with Gasteiger partial charge >= 0.3 is 0 Å². The molecule has 10 rings (SSSR count). The number of ketones is 1. The molecule has 13 atom stereocenters. The molecule has 326 valence electrons. The number of ether oxygens (including phenoxy) is 13. The third-order valence-electron chi connectivity index (χ3n) is 11.1. The van der Waals surface area contributed by atoms with Crippen molar-refractivity contribution in [1.82, 2.24) is 0 Å². The number of carbonyl (C=O) groups is 1. The van der Waals surface area contributed by atoms with Gasteiger partial charge in [0, 0.05) is 11.1 Å². The van der Waals surface area contributed by atoms with Crippen molar-refractivity contribution in [2.45, 2.75) is 138 Å². The van der Waals surface area contributed by atoms with Crippen LogP contribution < -0.4 is 0 Å². The summed E-state index contributed by atoms with van der Waals surface area (Å²) in [5, 5.41) is 39.3. The lowest BCUT2D eigenvalue weighted by atomic mass is 9.97. The molecule has 8 aliphatic heterocycles. The van der Waals surface area contributed by atoms with Crippen LogP contribution in [0.5, 0.6) is 0 Å². The maximum absolute atomic E-state index is 12.8. The van der Waals surface area contributed by atoms with Crippen LogP contribution in [-0.2, 0) is 66.4 Å². The highest BCUT2D eigenvalue weighted by atomic mass is 16.9. The first kappa shape index (κ1) is 43.1. The van der Waals surface area contributed by atoms with E-state index in [1.54, 1.807) is 41.5 Å². The number of rotatable bonds is 2. The van der Waals surface area contributed by atoms with Gasteiger partial charge in [0.05, 0.1) is 19.8 Å². The number of aliphatic hydroxyl groups is 4. The minimum Gasteiger partial charge on any atom is -0.388 e. The van der Waals surface area contributed by atoms with Crippen molar-refractivity contribution < 1.29 is 86.8 Å². The normalized spacial score (nSPS) is 43.8. The lowest BCUT2D eigenvalue weighted by molar-refractivity contribution is -0.337. The standard InChI is InChI=1S/C16H20O6.C16H18O6.C9H16O6/c2*1-15(2)19-9-16(22-15)13(17)12-11(8-18-16)20-14(21-12)10-6-4-3-5-7-10;1-8(2)14-4-9(15-8)7(12)6(11)5(10)3-13-9/h3-7,11-14,17H,8-9H2,1-2H3;3-7,11-12,14H,8-9H2,1-2H3;5-7,10-12H,3-4H2,1-2H3/t11?,12?,13?,14?,16-;11?,12?,14?,16-;5-,6-,7+,9+/m001/s1. The molecule has 0 amide bonds. The van der Waals surface area contributed by atoms with Gasteiger partial charge in [0.1, 0.15) is 62.5 Å². The molecule has 8 fully saturated rings. The van der Waals surface area contributed by atoms with Gasteiger partial charge < -0.3 is 82.0 Å². The van der Waals surface area contributed by atoms with Crippen LogP contribution in [0.3, 0.4) is 0 Å². The molecule has 4 N–H and O–H groups in total. The van der Waals surface area contributed by atoms with Crippen LogP contribution in [-0.4, -0.2) is 149 Å². The van der Waals surface area contributed by atoms with Crippen molar-refractivity contribution in [2.24, 2.45) is 0 Å². The van der Waals surface area contributed by atoms with Gasteiger partial charge in [-0.25, -0.2) is 0 Å². The lowest BCUT2D eigenvalue weighted by Gasteiger charge is -2.41. The summed E-state index contributed by atoms with van der Waals surface area (Å²) in [5.74, 6) is -6.68. The summed E-state index contributed by atoms with van der Waals surface area (Å²) in [6, 6.07) is 19.2. The minimum atomic E-state index is -1.38. The number of hydrogen-bond donors (Lipinski definition) is 4. The lowest BCUT2D eigenvalue weighted by Crippen LogP contribution is -2.62. The van der Waals surface area contributed by atoms with E-state index in [0.717, 1.165) is 11.1 Å². The molecule has 59 heavy (non-hydrogen) atoms. The van der Waals surface area contributed by atoms with Crippen molar-refractivity contribution in [3.63, 3.8) is 0 Å². The zero-order valence-corrected chi connectivity index (χ0v) is 33.8. The molecule has 0 saturated carbocycles. The molecule has 8 saturated heterocycles. The molecular formula is C41H54O18. The molecule has 8 heterocycles. The Hall–Kier alpha value is -2.57. The number of benzene rings is 2. The second-order valence-corrected chi connectivity index (χ2v) is 17.0. The Morgan fingerprint density at radius 2 is 1.02 bits per heavy atom. The summed E-state index contributed by atoms with van der Waals surface area (Å²) in [6.07, 6.45) is -7.67. The highest BCUT2D eigenvalue weighted by molar-refractivity contribution is 5.92. The van der Waals surface area contributed by atoms with Crippen LogP contribution in [0.4, 0.5) is 0 Å². The molecule has 7 unspecified atom stereocenters. The van der Waals surface area contributed by atoms with Gasteiger partial charge in [-0.3, -0.25) is 4.79 Å². The smallest absolute Gasteiger partial charge is 0.258 e. The number of aliphatic hydroxyl groups excluding tert-OH is 4. The molecule has 18 heteroatoms. The summed E-state index contributed by atoms with van der Waals surface area (Å²) in [5.41, 5.74) is 1.80. The van der Waals surface area contributed by atoms with Crippen LogP contribution in [0, 0.1) is 0 Å². The van der Waals surface area contributed by atoms with E-state index in [2.05, 4.69) is 0 Å². The molecular weight excluding hydrogens is 780 g/mol. The number of Topliss-reactive ketones (excluding diaryl/α,β-unsaturated/α-hetero) is 1. The van der Waals surface area contributed by atoms with Crippen molar-refractivity contribution in [3.8, 4) is 0 Å². The van der Waals surface area contributed by atoms with Crippen LogP contribution in [0.1, 0.15) is 65.2 Å². The van der Waals surface area contributed by atoms with E-state index < -0.39 is 90.0 Å². The Balaban J connectivity index is 0.000000126. The molecule has 2 aromatic carbocycles. The van der Waals surface area contributed by atoms with Crippen molar-refractivity contribution in [1.29, 1.82) is 0 Å². The summed E-state index contributed by atoms with van der Waals surface area (Å²) in [7, 11) is 0. The SMILES string of the molecule is CC1(C)OC[C@]2(OCC3OC(c4ccccc4)OC3C2=O)O1.CC1(C)OC[C@]2(OCC3OC(c4ccccc4)OC3C2O)O1.CC1(C)OC[C@]2(OC[C@@H](O)[C@@H](O)[C@@H]2O)O1. The quantitative estimate of drug-likeness (QED) is 0.337. The van der Waals surface area contributed by atoms with Crippen molar-refractivity contribution in [2.75, 3.05) is 39.6 Å². The molecule has 2 aromatic rings. The second-order valence-electron chi connectivity index (χ2n) is 17.0. The van der Waals surface area contributed by atoms with E-state index in [4.69, 9.17) is 61.6 Å². The minimum absolute atomic E-state index is 0.0327. The first-order valence-electron chi connectivity index (χ1n) is 19.8. The van der Waals surface area contributed by atoms with Gasteiger partial charge in [-0.2, -0.15) is 0 Å². The zero-order valence-electron chi connectivity index (χ0n) is 33.8. The summed E-state index contributed by atoms with van der Waals surface area (Å²) in [4.78, 5) is 12.8. The van der Waals surface area contributed by atoms with Gasteiger partial charge in [0.25, 0.3) is 5.79 Å². The van der Waals surface area contributed by atoms with Crippen LogP contribution in [0.15, 0.2) is 60.7 Å². The van der Waals surface area contributed by atoms with Gasteiger partial charge in [0.15, 0.2) is 36.0 Å². The Labute approximate surface area is 341 Å². The zero-order chi connectivity index (χ0) is 42.0. The Morgan fingerprint density at radius 3 is 1.56 bits per heavy atom. The van der Waals surface area contributed by atoms with E-state index >= 15 is 0 Å². The molecule has 0 radical (unpaired) electrons. The summed E-state index contributed by atoms with van der Waals surface area (Å²) in [6.45, 7) is 11.2. The van der Waals surface area contributed by atoms with Gasteiger partial charge in [-0.05, 0) is 41.5 Å². The van der Waals surface area contributed by atoms with E-state index in [-0.39, 0.29) is 44.9 Å². The largest absolute Gasteiger partial charge is 0.388 e. The molecule has 3 spiro atoms. The van der Waals surface area contributed by atoms with Gasteiger partial charge in [-0.1, -0.05) is 60.7 Å². The Kier molecular flexibility index (Phi) is 11.7. The first-order chi connectivity index (χ1) is 27.8. The van der Waals surface area contributed by atoms with Crippen LogP contribution >= 0.6 is 0 Å². The highest BCUT2D eigenvalue weighted by Gasteiger charge is 2.63. The van der Waals surface area contributed by atoms with E-state index in [0.29, 0.717) is 6.61 Å². The second kappa shape index (κ2) is 16.0. The molecule has 18 nitrogen and oxygen atoms in total. The fraction of sp³-hybridized carbons (Fsp3) is 0.683. The van der Waals surface area contributed by atoms with E-state index in [1.807, 2.05) is 60.7 Å². The monoisotopic (exact) mass is 834 g/mol. The predicted octanol–water partition coefficient (Wildman–Crippen LogP) is 1.47. The topological polar surface area (TPSA) is 218 Å². The van der Waals surface area contributed by atoms with Crippen molar-refractivity contribution >= 4 is 5.78 Å². The number of carbonyl (C=O) groups excluding carboxylic acids is 1. The highest BCUT2D eigenvalue weighted by Crippen LogP contribution is 2.45. The maximum atomic E-state index is 12.8. The van der Waals surface area contributed by atoms with Gasteiger partial charge in [0.2, 0.25) is 17.4 Å². The van der Waals surface area contributed by atoms with Crippen LogP contribution in [0.2, 0.25) is 0 Å². The predicted molar refractivity (Wildman–Crippen MR) is 196 cm³/mol. The Bertz CT molecular complexity index is 1780. The summed E-state index contributed by atoms with van der Waals surface area (Å²) >= 11 is 0. The molecule has 0 aromatic heterocycles. The molecule has 0 aliphatic carbocycles. The fourth-order valence-corrected chi connectivity index (χ4v) is 8.08.